The summed E-state index contributed by atoms with van der Waals surface area (Å²) in [5, 5.41) is 13.9. The quantitative estimate of drug-likeness (QED) is 0.569. The van der Waals surface area contributed by atoms with Gasteiger partial charge in [0, 0.05) is 0 Å². The third-order valence-electron chi connectivity index (χ3n) is 1.08. The van der Waals surface area contributed by atoms with Crippen LogP contribution >= 0.6 is 0 Å². The Kier molecular flexibility index (Phi) is 5.44. The third kappa shape index (κ3) is 5.92. The van der Waals surface area contributed by atoms with Crippen LogP contribution < -0.4 is 0 Å². The zero-order valence-electron chi connectivity index (χ0n) is 7.53. The Morgan fingerprint density at radius 1 is 0.882 bits per heavy atom. The lowest BCUT2D eigenvalue weighted by molar-refractivity contribution is -0.280. The van der Waals surface area contributed by atoms with E-state index in [0.29, 0.717) is 0 Å². The lowest BCUT2D eigenvalue weighted by atomic mass is 10.1. The zero-order valence-corrected chi connectivity index (χ0v) is 7.53. The lowest BCUT2D eigenvalue weighted by Gasteiger charge is -2.22. The molecule has 0 aliphatic heterocycles. The predicted octanol–water partition coefficient (Wildman–Crippen LogP) is 3.52. The maximum Gasteiger partial charge on any atom is 0.503 e. The highest BCUT2D eigenvalue weighted by molar-refractivity contribution is 5.53. The minimum atomic E-state index is -6.28. The van der Waals surface area contributed by atoms with Crippen molar-refractivity contribution in [1.29, 1.82) is 0 Å². The van der Waals surface area contributed by atoms with Gasteiger partial charge in [-0.15, -0.1) is 0 Å². The summed E-state index contributed by atoms with van der Waals surface area (Å²) in [6, 6.07) is 0. The molecule has 0 aromatic carbocycles. The van der Waals surface area contributed by atoms with Crippen LogP contribution in [0.15, 0.2) is 12.2 Å². The Labute approximate surface area is 88.0 Å². The minimum absolute atomic E-state index is 1.67. The van der Waals surface area contributed by atoms with Crippen LogP contribution in [0.25, 0.3) is 0 Å². The van der Waals surface area contributed by atoms with Crippen molar-refractivity contribution < 1.29 is 50.1 Å². The maximum absolute atomic E-state index is 11.9. The summed E-state index contributed by atoms with van der Waals surface area (Å²) >= 11 is 0. The molecule has 0 spiro atoms. The first-order valence-corrected chi connectivity index (χ1v) is 3.27. The molecule has 0 saturated heterocycles. The van der Waals surface area contributed by atoms with Gasteiger partial charge < -0.3 is 10.2 Å². The molecule has 0 unspecified atom stereocenters. The summed E-state index contributed by atoms with van der Waals surface area (Å²) in [7, 11) is 0. The fourth-order valence-electron chi connectivity index (χ4n) is 0.349. The molecule has 0 fully saturated rings. The zero-order chi connectivity index (χ0) is 14.7. The first kappa shape index (κ1) is 17.8. The topological polar surface area (TPSA) is 57.5 Å². The van der Waals surface area contributed by atoms with E-state index in [1.807, 2.05) is 0 Å². The number of hydrogen-bond acceptors (Lipinski definition) is 1. The average Bonchev–Trinajstić information content (AvgIpc) is 1.97. The van der Waals surface area contributed by atoms with Gasteiger partial charge in [0.2, 0.25) is 0 Å². The van der Waals surface area contributed by atoms with Crippen LogP contribution in [0.3, 0.4) is 0 Å². The monoisotopic (exact) mass is 276 g/mol. The number of carbonyl (C=O) groups is 1. The summed E-state index contributed by atoms with van der Waals surface area (Å²) in [6.45, 7) is 1.67. The minimum Gasteiger partial charge on any atom is -0.450 e. The Bertz CT molecular complexity index is 285. The molecule has 0 aromatic heterocycles. The van der Waals surface area contributed by atoms with Gasteiger partial charge in [-0.2, -0.15) is 35.1 Å². The van der Waals surface area contributed by atoms with Crippen LogP contribution in [-0.2, 0) is 0 Å². The van der Waals surface area contributed by atoms with Crippen molar-refractivity contribution in [3.63, 3.8) is 0 Å². The van der Waals surface area contributed by atoms with Gasteiger partial charge in [0.05, 0.1) is 0 Å². The fraction of sp³-hybridized carbons (Fsp3) is 0.500. The molecule has 0 atom stereocenters. The summed E-state index contributed by atoms with van der Waals surface area (Å²) in [4.78, 5) is 8.56. The molecule has 0 aliphatic rings. The molecule has 102 valence electrons. The Morgan fingerprint density at radius 3 is 1.18 bits per heavy atom. The van der Waals surface area contributed by atoms with Gasteiger partial charge in [-0.25, -0.2) is 4.79 Å². The van der Waals surface area contributed by atoms with Gasteiger partial charge in [0.1, 0.15) is 5.57 Å². The molecule has 0 radical (unpaired) electrons. The van der Waals surface area contributed by atoms with Crippen LogP contribution in [0, 0.1) is 0 Å². The van der Waals surface area contributed by atoms with E-state index >= 15 is 0 Å². The van der Waals surface area contributed by atoms with Crippen molar-refractivity contribution in [3.05, 3.63) is 12.2 Å². The van der Waals surface area contributed by atoms with E-state index in [9.17, 15) is 35.1 Å². The van der Waals surface area contributed by atoms with Crippen LogP contribution in [-0.4, -0.2) is 34.6 Å². The number of carboxylic acid groups (broad SMARTS) is 2. The molecule has 0 aliphatic carbocycles. The van der Waals surface area contributed by atoms with Crippen molar-refractivity contribution in [2.24, 2.45) is 0 Å². The number of rotatable bonds is 1. The highest BCUT2D eigenvalue weighted by atomic mass is 19.4. The number of hydrogen-bond donors (Lipinski definition) is 2. The van der Waals surface area contributed by atoms with Crippen molar-refractivity contribution in [1.82, 2.24) is 0 Å². The molecule has 0 saturated carbocycles. The van der Waals surface area contributed by atoms with Crippen LogP contribution in [0.2, 0.25) is 0 Å². The van der Waals surface area contributed by atoms with E-state index in [-0.39, 0.29) is 0 Å². The van der Waals surface area contributed by atoms with Gasteiger partial charge in [-0.3, -0.25) is 0 Å². The lowest BCUT2D eigenvalue weighted by Crippen LogP contribution is -2.42. The second-order valence-electron chi connectivity index (χ2n) is 2.33. The van der Waals surface area contributed by atoms with Crippen molar-refractivity contribution >= 4 is 6.16 Å². The Hall–Kier alpha value is -1.55. The molecule has 0 heterocycles. The molecule has 0 rings (SSSR count). The molecule has 0 bridgehead atoms. The van der Waals surface area contributed by atoms with E-state index < -0.39 is 30.0 Å². The number of alkyl halides is 8. The SMILES string of the molecule is C=C(C(F)(F)F)C(F)(F)C(F)(F)F.O=C(O)O. The van der Waals surface area contributed by atoms with E-state index in [1.54, 1.807) is 6.58 Å². The van der Waals surface area contributed by atoms with E-state index in [4.69, 9.17) is 15.0 Å². The largest absolute Gasteiger partial charge is 0.503 e. The molecule has 11 heteroatoms. The molecule has 0 amide bonds. The molecular weight excluding hydrogens is 272 g/mol. The summed E-state index contributed by atoms with van der Waals surface area (Å²) in [5.41, 5.74) is -3.12. The smallest absolute Gasteiger partial charge is 0.450 e. The summed E-state index contributed by atoms with van der Waals surface area (Å²) in [6.07, 6.45) is -13.9. The van der Waals surface area contributed by atoms with Crippen molar-refractivity contribution in [3.8, 4) is 0 Å². The predicted molar refractivity (Wildman–Crippen MR) is 36.9 cm³/mol. The Balaban J connectivity index is 0. The van der Waals surface area contributed by atoms with Crippen LogP contribution in [0.4, 0.5) is 39.9 Å². The normalized spacial score (nSPS) is 12.5. The second-order valence-corrected chi connectivity index (χ2v) is 2.33. The molecule has 2 N–H and O–H groups in total. The summed E-state index contributed by atoms with van der Waals surface area (Å²) < 4.78 is 91.8. The standard InChI is InChI=1S/C5H2F8.CH2O3/c1-2(4(8,9)10)3(6,7)5(11,12)13;2-1(3)4/h1H2;(H2,2,3,4). The van der Waals surface area contributed by atoms with E-state index in [0.717, 1.165) is 0 Å². The van der Waals surface area contributed by atoms with Crippen molar-refractivity contribution in [2.45, 2.75) is 18.3 Å². The first-order valence-electron chi connectivity index (χ1n) is 3.27. The fourth-order valence-corrected chi connectivity index (χ4v) is 0.349. The van der Waals surface area contributed by atoms with Gasteiger partial charge in [-0.1, -0.05) is 6.58 Å². The maximum atomic E-state index is 11.9. The number of allylic oxidation sites excluding steroid dienone is 1. The molecule has 17 heavy (non-hydrogen) atoms. The van der Waals surface area contributed by atoms with Crippen LogP contribution in [0.5, 0.6) is 0 Å². The first-order chi connectivity index (χ1) is 7.14. The van der Waals surface area contributed by atoms with Gasteiger partial charge in [0.15, 0.2) is 0 Å². The van der Waals surface area contributed by atoms with E-state index in [1.165, 1.54) is 0 Å². The molecule has 0 aromatic rings. The second kappa shape index (κ2) is 5.19. The highest BCUT2D eigenvalue weighted by Gasteiger charge is 2.65. The van der Waals surface area contributed by atoms with E-state index in [2.05, 4.69) is 0 Å². The number of halogens is 8. The van der Waals surface area contributed by atoms with Gasteiger partial charge >= 0.3 is 24.4 Å². The third-order valence-corrected chi connectivity index (χ3v) is 1.08. The summed E-state index contributed by atoms with van der Waals surface area (Å²) in [5.74, 6) is -5.94. The van der Waals surface area contributed by atoms with Gasteiger partial charge in [0.25, 0.3) is 0 Å². The molecular formula is C6H4F8O3. The van der Waals surface area contributed by atoms with Crippen LogP contribution in [0.1, 0.15) is 0 Å². The van der Waals surface area contributed by atoms with Gasteiger partial charge in [-0.05, 0) is 0 Å². The van der Waals surface area contributed by atoms with Crippen molar-refractivity contribution in [2.75, 3.05) is 0 Å². The molecule has 3 nitrogen and oxygen atoms in total. The Morgan fingerprint density at radius 2 is 1.12 bits per heavy atom. The highest BCUT2D eigenvalue weighted by Crippen LogP contribution is 2.46. The average molecular weight is 276 g/mol.